The van der Waals surface area contributed by atoms with E-state index in [1.54, 1.807) is 20.2 Å². The summed E-state index contributed by atoms with van der Waals surface area (Å²) < 4.78 is 0. The van der Waals surface area contributed by atoms with E-state index in [0.717, 1.165) is 33.7 Å². The number of fused-ring (bicyclic) bond motifs is 1. The Morgan fingerprint density at radius 3 is 2.36 bits per heavy atom. The molecule has 2 N–H and O–H groups in total. The second-order valence-electron chi connectivity index (χ2n) is 6.17. The van der Waals surface area contributed by atoms with Crippen LogP contribution in [0, 0.1) is 0 Å². The lowest BCUT2D eigenvalue weighted by atomic mass is 9.97. The monoisotopic (exact) mass is 296 g/mol. The molecule has 0 atom stereocenters. The standard InChI is InChI=1S/C17H20N4O/c1-17(2,22)12-7-5-11(6-8-12)14-9-13-15(20-14)18-10-19-16(13)21(3)4/h5-10,22H,1-4H3,(H,18,19,20). The minimum absolute atomic E-state index is 0.820. The molecule has 0 fully saturated rings. The predicted octanol–water partition coefficient (Wildman–Crippen LogP) is 2.92. The van der Waals surface area contributed by atoms with Gasteiger partial charge in [0.15, 0.2) is 0 Å². The largest absolute Gasteiger partial charge is 0.386 e. The van der Waals surface area contributed by atoms with E-state index < -0.39 is 5.60 Å². The Bertz CT molecular complexity index is 798. The summed E-state index contributed by atoms with van der Waals surface area (Å²) in [5.74, 6) is 0.889. The maximum Gasteiger partial charge on any atom is 0.143 e. The molecule has 114 valence electrons. The number of H-pyrrole nitrogens is 1. The molecule has 5 nitrogen and oxygen atoms in total. The Kier molecular flexibility index (Phi) is 3.37. The molecule has 0 bridgehead atoms. The normalized spacial score (nSPS) is 11.9. The van der Waals surface area contributed by atoms with Gasteiger partial charge in [0.1, 0.15) is 17.8 Å². The number of aliphatic hydroxyl groups is 1. The van der Waals surface area contributed by atoms with E-state index >= 15 is 0 Å². The number of rotatable bonds is 3. The van der Waals surface area contributed by atoms with Gasteiger partial charge in [-0.15, -0.1) is 0 Å². The van der Waals surface area contributed by atoms with Crippen molar-refractivity contribution in [2.24, 2.45) is 0 Å². The van der Waals surface area contributed by atoms with Gasteiger partial charge in [-0.3, -0.25) is 0 Å². The van der Waals surface area contributed by atoms with Crippen molar-refractivity contribution in [2.75, 3.05) is 19.0 Å². The van der Waals surface area contributed by atoms with Gasteiger partial charge in [-0.2, -0.15) is 0 Å². The van der Waals surface area contributed by atoms with Gasteiger partial charge in [0.25, 0.3) is 0 Å². The molecule has 5 heteroatoms. The molecular formula is C17H20N4O. The van der Waals surface area contributed by atoms with Crippen molar-refractivity contribution in [1.82, 2.24) is 15.0 Å². The van der Waals surface area contributed by atoms with Crippen LogP contribution in [0.15, 0.2) is 36.7 Å². The zero-order valence-electron chi connectivity index (χ0n) is 13.3. The van der Waals surface area contributed by atoms with E-state index in [1.807, 2.05) is 43.3 Å². The summed E-state index contributed by atoms with van der Waals surface area (Å²) in [6.07, 6.45) is 1.56. The third-order valence-electron chi connectivity index (χ3n) is 3.73. The highest BCUT2D eigenvalue weighted by Gasteiger charge is 2.16. The van der Waals surface area contributed by atoms with Crippen molar-refractivity contribution in [2.45, 2.75) is 19.4 Å². The number of aromatic nitrogens is 3. The molecule has 0 aliphatic carbocycles. The van der Waals surface area contributed by atoms with Crippen LogP contribution in [0.1, 0.15) is 19.4 Å². The van der Waals surface area contributed by atoms with E-state index in [2.05, 4.69) is 21.0 Å². The van der Waals surface area contributed by atoms with Crippen LogP contribution in [0.4, 0.5) is 5.82 Å². The smallest absolute Gasteiger partial charge is 0.143 e. The number of anilines is 1. The topological polar surface area (TPSA) is 65.0 Å². The van der Waals surface area contributed by atoms with Gasteiger partial charge in [0.05, 0.1) is 11.0 Å². The minimum Gasteiger partial charge on any atom is -0.386 e. The summed E-state index contributed by atoms with van der Waals surface area (Å²) in [4.78, 5) is 13.9. The highest BCUT2D eigenvalue weighted by Crippen LogP contribution is 2.29. The quantitative estimate of drug-likeness (QED) is 0.780. The SMILES string of the molecule is CN(C)c1ncnc2[nH]c(-c3ccc(C(C)(C)O)cc3)cc12. The Labute approximate surface area is 129 Å². The lowest BCUT2D eigenvalue weighted by Gasteiger charge is -2.17. The number of hydrogen-bond acceptors (Lipinski definition) is 4. The van der Waals surface area contributed by atoms with Crippen LogP contribution in [0.5, 0.6) is 0 Å². The maximum atomic E-state index is 10.0. The molecule has 0 aliphatic rings. The highest BCUT2D eigenvalue weighted by molar-refractivity contribution is 5.91. The summed E-state index contributed by atoms with van der Waals surface area (Å²) in [6, 6.07) is 9.95. The van der Waals surface area contributed by atoms with Crippen LogP contribution in [0.3, 0.4) is 0 Å². The summed E-state index contributed by atoms with van der Waals surface area (Å²) in [5, 5.41) is 11.0. The fraction of sp³-hybridized carbons (Fsp3) is 0.294. The molecule has 0 aliphatic heterocycles. The Balaban J connectivity index is 2.05. The first kappa shape index (κ1) is 14.5. The first-order valence-corrected chi connectivity index (χ1v) is 7.20. The van der Waals surface area contributed by atoms with Crippen molar-refractivity contribution >= 4 is 16.9 Å². The molecule has 1 aromatic carbocycles. The first-order chi connectivity index (χ1) is 10.4. The zero-order chi connectivity index (χ0) is 15.9. The number of nitrogens with zero attached hydrogens (tertiary/aromatic N) is 3. The molecule has 3 aromatic rings. The average Bonchev–Trinajstić information content (AvgIpc) is 2.90. The van der Waals surface area contributed by atoms with Gasteiger partial charge >= 0.3 is 0 Å². The molecule has 0 amide bonds. The molecule has 3 rings (SSSR count). The second kappa shape index (κ2) is 5.10. The Hall–Kier alpha value is -2.40. The first-order valence-electron chi connectivity index (χ1n) is 7.20. The van der Waals surface area contributed by atoms with Crippen LogP contribution in [0.2, 0.25) is 0 Å². The molecule has 2 heterocycles. The van der Waals surface area contributed by atoms with E-state index in [0.29, 0.717) is 0 Å². The van der Waals surface area contributed by atoms with Crippen LogP contribution < -0.4 is 4.90 Å². The number of nitrogens with one attached hydrogen (secondary N) is 1. The van der Waals surface area contributed by atoms with Gasteiger partial charge < -0.3 is 15.0 Å². The van der Waals surface area contributed by atoms with Crippen LogP contribution in [0.25, 0.3) is 22.3 Å². The van der Waals surface area contributed by atoms with E-state index in [1.165, 1.54) is 0 Å². The van der Waals surface area contributed by atoms with E-state index in [9.17, 15) is 5.11 Å². The molecule has 0 radical (unpaired) electrons. The van der Waals surface area contributed by atoms with Gasteiger partial charge in [0.2, 0.25) is 0 Å². The fourth-order valence-electron chi connectivity index (χ4n) is 2.50. The molecule has 0 spiro atoms. The number of benzene rings is 1. The molecule has 0 saturated heterocycles. The van der Waals surface area contributed by atoms with Crippen LogP contribution >= 0.6 is 0 Å². The maximum absolute atomic E-state index is 10.0. The molecular weight excluding hydrogens is 276 g/mol. The summed E-state index contributed by atoms with van der Waals surface area (Å²) in [6.45, 7) is 3.56. The molecule has 0 unspecified atom stereocenters. The van der Waals surface area contributed by atoms with E-state index in [4.69, 9.17) is 0 Å². The van der Waals surface area contributed by atoms with Gasteiger partial charge in [0, 0.05) is 19.8 Å². The van der Waals surface area contributed by atoms with Crippen molar-refractivity contribution in [3.05, 3.63) is 42.2 Å². The van der Waals surface area contributed by atoms with Crippen LogP contribution in [-0.4, -0.2) is 34.2 Å². The Morgan fingerprint density at radius 1 is 1.09 bits per heavy atom. The number of aromatic amines is 1. The van der Waals surface area contributed by atoms with Crippen molar-refractivity contribution in [3.8, 4) is 11.3 Å². The summed E-state index contributed by atoms with van der Waals surface area (Å²) in [5.41, 5.74) is 2.92. The molecule has 0 saturated carbocycles. The van der Waals surface area contributed by atoms with Gasteiger partial charge in [-0.05, 0) is 31.0 Å². The predicted molar refractivity (Wildman–Crippen MR) is 88.9 cm³/mol. The second-order valence-corrected chi connectivity index (χ2v) is 6.17. The fourth-order valence-corrected chi connectivity index (χ4v) is 2.50. The third-order valence-corrected chi connectivity index (χ3v) is 3.73. The zero-order valence-corrected chi connectivity index (χ0v) is 13.3. The van der Waals surface area contributed by atoms with Crippen LogP contribution in [-0.2, 0) is 5.60 Å². The average molecular weight is 296 g/mol. The van der Waals surface area contributed by atoms with Gasteiger partial charge in [-0.25, -0.2) is 9.97 Å². The lowest BCUT2D eigenvalue weighted by Crippen LogP contribution is -2.14. The minimum atomic E-state index is -0.831. The number of hydrogen-bond donors (Lipinski definition) is 2. The van der Waals surface area contributed by atoms with E-state index in [-0.39, 0.29) is 0 Å². The third kappa shape index (κ3) is 2.55. The van der Waals surface area contributed by atoms with Gasteiger partial charge in [-0.1, -0.05) is 24.3 Å². The molecule has 2 aromatic heterocycles. The lowest BCUT2D eigenvalue weighted by molar-refractivity contribution is 0.0786. The summed E-state index contributed by atoms with van der Waals surface area (Å²) >= 11 is 0. The Morgan fingerprint density at radius 2 is 1.77 bits per heavy atom. The van der Waals surface area contributed by atoms with Crippen molar-refractivity contribution < 1.29 is 5.11 Å². The van der Waals surface area contributed by atoms with Crippen molar-refractivity contribution in [3.63, 3.8) is 0 Å². The summed E-state index contributed by atoms with van der Waals surface area (Å²) in [7, 11) is 3.93. The van der Waals surface area contributed by atoms with Crippen molar-refractivity contribution in [1.29, 1.82) is 0 Å². The molecule has 22 heavy (non-hydrogen) atoms. The highest BCUT2D eigenvalue weighted by atomic mass is 16.3.